The fourth-order valence-corrected chi connectivity index (χ4v) is 5.03. The van der Waals surface area contributed by atoms with Crippen LogP contribution in [0.3, 0.4) is 0 Å². The normalized spacial score (nSPS) is 15.1. The first-order valence-electron chi connectivity index (χ1n) is 14.5. The van der Waals surface area contributed by atoms with Crippen molar-refractivity contribution < 1.29 is 19.5 Å². The van der Waals surface area contributed by atoms with Crippen LogP contribution >= 0.6 is 0 Å². The van der Waals surface area contributed by atoms with E-state index >= 15 is 0 Å². The summed E-state index contributed by atoms with van der Waals surface area (Å²) in [6.45, 7) is 18.0. The maximum absolute atomic E-state index is 13.4. The van der Waals surface area contributed by atoms with Gasteiger partial charge in [-0.2, -0.15) is 0 Å². The molecule has 1 aliphatic rings. The summed E-state index contributed by atoms with van der Waals surface area (Å²) in [7, 11) is 0. The first-order chi connectivity index (χ1) is 18.4. The largest absolute Gasteiger partial charge is 0.481 e. The summed E-state index contributed by atoms with van der Waals surface area (Å²) in [6.07, 6.45) is 5.96. The van der Waals surface area contributed by atoms with Gasteiger partial charge in [0, 0.05) is 46.7 Å². The maximum atomic E-state index is 13.4. The molecule has 1 saturated carbocycles. The van der Waals surface area contributed by atoms with Gasteiger partial charge >= 0.3 is 5.97 Å². The summed E-state index contributed by atoms with van der Waals surface area (Å²) >= 11 is 0. The molecule has 0 atom stereocenters. The summed E-state index contributed by atoms with van der Waals surface area (Å²) in [5.41, 5.74) is 2.39. The summed E-state index contributed by atoms with van der Waals surface area (Å²) in [4.78, 5) is 43.0. The second-order valence-electron chi connectivity index (χ2n) is 14.1. The van der Waals surface area contributed by atoms with Crippen LogP contribution in [0.2, 0.25) is 0 Å². The second-order valence-corrected chi connectivity index (χ2v) is 14.1. The van der Waals surface area contributed by atoms with Crippen LogP contribution in [0.4, 0.5) is 0 Å². The Morgan fingerprint density at radius 3 is 2.12 bits per heavy atom. The molecule has 0 radical (unpaired) electrons. The highest BCUT2D eigenvalue weighted by Crippen LogP contribution is 2.33. The summed E-state index contributed by atoms with van der Waals surface area (Å²) < 4.78 is 2.21. The van der Waals surface area contributed by atoms with Gasteiger partial charge in [0.2, 0.25) is 0 Å². The van der Waals surface area contributed by atoms with Crippen LogP contribution in [0.25, 0.3) is 11.3 Å². The van der Waals surface area contributed by atoms with E-state index in [9.17, 15) is 19.5 Å². The zero-order valence-electron chi connectivity index (χ0n) is 25.8. The number of aromatic nitrogens is 2. The third-order valence-electron chi connectivity index (χ3n) is 7.66. The maximum Gasteiger partial charge on any atom is 0.310 e. The van der Waals surface area contributed by atoms with Crippen molar-refractivity contribution in [3.8, 4) is 11.3 Å². The second kappa shape index (κ2) is 11.8. The Morgan fingerprint density at radius 1 is 0.950 bits per heavy atom. The highest BCUT2D eigenvalue weighted by molar-refractivity contribution is 5.98. The third-order valence-corrected chi connectivity index (χ3v) is 7.66. The minimum atomic E-state index is -1.08. The smallest absolute Gasteiger partial charge is 0.310 e. The minimum Gasteiger partial charge on any atom is -0.481 e. The highest BCUT2D eigenvalue weighted by atomic mass is 16.4. The molecule has 0 bridgehead atoms. The summed E-state index contributed by atoms with van der Waals surface area (Å²) in [6, 6.07) is 5.72. The molecule has 2 heterocycles. The van der Waals surface area contributed by atoms with E-state index in [1.807, 2.05) is 45.9 Å². The fourth-order valence-electron chi connectivity index (χ4n) is 5.03. The number of carbonyl (C=O) groups is 3. The lowest BCUT2D eigenvalue weighted by molar-refractivity contribution is -0.146. The molecule has 3 N–H and O–H groups in total. The molecule has 8 heteroatoms. The van der Waals surface area contributed by atoms with Crippen LogP contribution in [-0.2, 0) is 16.8 Å². The van der Waals surface area contributed by atoms with Gasteiger partial charge in [-0.05, 0) is 78.5 Å². The van der Waals surface area contributed by atoms with Crippen LogP contribution in [0.15, 0.2) is 18.2 Å². The van der Waals surface area contributed by atoms with Gasteiger partial charge in [0.05, 0.1) is 11.0 Å². The van der Waals surface area contributed by atoms with E-state index in [0.29, 0.717) is 17.2 Å². The lowest BCUT2D eigenvalue weighted by Gasteiger charge is -2.25. The first kappa shape index (κ1) is 31.4. The van der Waals surface area contributed by atoms with Crippen LogP contribution in [0, 0.1) is 18.3 Å². The molecule has 2 aromatic heterocycles. The Balaban J connectivity index is 2.13. The number of hydrogen-bond acceptors (Lipinski definition) is 4. The number of hydrogen-bond donors (Lipinski definition) is 3. The van der Waals surface area contributed by atoms with Gasteiger partial charge in [-0.1, -0.05) is 40.0 Å². The molecule has 2 aromatic rings. The van der Waals surface area contributed by atoms with Gasteiger partial charge in [0.1, 0.15) is 5.69 Å². The molecular formula is C32H48N4O4. The standard InChI is InChI=1S/C32H48N4O4/c1-20-23(27(37)33-19-32(8,9)29(39)40)17-25(36(20)18-21-13-11-10-12-14-21)22-15-24(28(38)35-31(5,6)7)34-26(16-22)30(2,3)4/h15-17,21H,10-14,18-19H2,1-9H3,(H,33,37)(H,35,38)(H,39,40). The lowest BCUT2D eigenvalue weighted by atomic mass is 9.88. The van der Waals surface area contributed by atoms with E-state index < -0.39 is 16.9 Å². The Morgan fingerprint density at radius 2 is 1.57 bits per heavy atom. The molecule has 40 heavy (non-hydrogen) atoms. The van der Waals surface area contributed by atoms with Crippen molar-refractivity contribution in [2.45, 2.75) is 112 Å². The van der Waals surface area contributed by atoms with Gasteiger partial charge in [0.15, 0.2) is 0 Å². The number of nitrogens with zero attached hydrogens (tertiary/aromatic N) is 2. The van der Waals surface area contributed by atoms with Gasteiger partial charge < -0.3 is 20.3 Å². The first-order valence-corrected chi connectivity index (χ1v) is 14.5. The average molecular weight is 553 g/mol. The predicted octanol–water partition coefficient (Wildman–Crippen LogP) is 6.11. The molecular weight excluding hydrogens is 504 g/mol. The summed E-state index contributed by atoms with van der Waals surface area (Å²) in [5, 5.41) is 15.4. The Labute approximate surface area is 239 Å². The molecule has 3 rings (SSSR count). The number of nitrogens with one attached hydrogen (secondary N) is 2. The molecule has 0 aromatic carbocycles. The van der Waals surface area contributed by atoms with Gasteiger partial charge in [-0.25, -0.2) is 4.98 Å². The molecule has 220 valence electrons. The number of rotatable bonds is 8. The van der Waals surface area contributed by atoms with Crippen LogP contribution < -0.4 is 10.6 Å². The quantitative estimate of drug-likeness (QED) is 0.366. The average Bonchev–Trinajstić information content (AvgIpc) is 3.17. The zero-order valence-corrected chi connectivity index (χ0v) is 25.8. The molecule has 1 fully saturated rings. The topological polar surface area (TPSA) is 113 Å². The Bertz CT molecular complexity index is 1250. The van der Waals surface area contributed by atoms with Crippen molar-refractivity contribution in [3.05, 3.63) is 40.8 Å². The number of aliphatic carboxylic acids is 1. The number of carboxylic acid groups (broad SMARTS) is 1. The Hall–Kier alpha value is -3.16. The summed E-state index contributed by atoms with van der Waals surface area (Å²) in [5.74, 6) is -0.997. The van der Waals surface area contributed by atoms with Gasteiger partial charge in [-0.3, -0.25) is 14.4 Å². The van der Waals surface area contributed by atoms with Crippen molar-refractivity contribution in [2.75, 3.05) is 6.54 Å². The highest BCUT2D eigenvalue weighted by Gasteiger charge is 2.30. The van der Waals surface area contributed by atoms with Gasteiger partial charge in [0.25, 0.3) is 11.8 Å². The van der Waals surface area contributed by atoms with E-state index in [0.717, 1.165) is 42.0 Å². The molecule has 0 saturated heterocycles. The van der Waals surface area contributed by atoms with Crippen molar-refractivity contribution in [3.63, 3.8) is 0 Å². The van der Waals surface area contributed by atoms with Crippen molar-refractivity contribution in [2.24, 2.45) is 11.3 Å². The van der Waals surface area contributed by atoms with Crippen LogP contribution in [-0.4, -0.2) is 44.5 Å². The van der Waals surface area contributed by atoms with E-state index in [1.165, 1.54) is 19.3 Å². The molecule has 0 unspecified atom stereocenters. The van der Waals surface area contributed by atoms with E-state index in [2.05, 4.69) is 36.0 Å². The third kappa shape index (κ3) is 7.73. The fraction of sp³-hybridized carbons (Fsp3) is 0.625. The SMILES string of the molecule is Cc1c(C(=O)NCC(C)(C)C(=O)O)cc(-c2cc(C(=O)NC(C)(C)C)nc(C(C)(C)C)c2)n1CC1CCCCC1. The lowest BCUT2D eigenvalue weighted by Crippen LogP contribution is -2.41. The molecule has 2 amide bonds. The monoisotopic (exact) mass is 552 g/mol. The molecule has 0 aliphatic heterocycles. The van der Waals surface area contributed by atoms with Crippen molar-refractivity contribution in [1.29, 1.82) is 0 Å². The van der Waals surface area contributed by atoms with Crippen molar-refractivity contribution in [1.82, 2.24) is 20.2 Å². The van der Waals surface area contributed by atoms with E-state index in [-0.39, 0.29) is 23.8 Å². The van der Waals surface area contributed by atoms with Crippen LogP contribution in [0.5, 0.6) is 0 Å². The number of pyridine rings is 1. The number of amides is 2. The predicted molar refractivity (Wildman–Crippen MR) is 159 cm³/mol. The number of carboxylic acids is 1. The molecule has 8 nitrogen and oxygen atoms in total. The van der Waals surface area contributed by atoms with E-state index in [1.54, 1.807) is 13.8 Å². The minimum absolute atomic E-state index is 0.0182. The van der Waals surface area contributed by atoms with Gasteiger partial charge in [-0.15, -0.1) is 0 Å². The van der Waals surface area contributed by atoms with E-state index in [4.69, 9.17) is 4.98 Å². The number of carbonyl (C=O) groups excluding carboxylic acids is 2. The Kier molecular flexibility index (Phi) is 9.22. The molecule has 0 spiro atoms. The van der Waals surface area contributed by atoms with Crippen LogP contribution in [0.1, 0.15) is 120 Å². The molecule has 1 aliphatic carbocycles. The van der Waals surface area contributed by atoms with Crippen molar-refractivity contribution >= 4 is 17.8 Å². The zero-order chi connectivity index (χ0) is 30.0.